The molecule has 0 fully saturated rings. The van der Waals surface area contributed by atoms with E-state index in [9.17, 15) is 13.2 Å². The van der Waals surface area contributed by atoms with Crippen LogP contribution >= 0.6 is 0 Å². The Hall–Kier alpha value is -1.82. The Morgan fingerprint density at radius 1 is 1.35 bits per heavy atom. The first-order valence-electron chi connectivity index (χ1n) is 4.95. The Kier molecular flexibility index (Phi) is 4.28. The molecule has 92 valence electrons. The van der Waals surface area contributed by atoms with Crippen LogP contribution in [-0.4, -0.2) is 20.9 Å². The summed E-state index contributed by atoms with van der Waals surface area (Å²) in [5, 5.41) is 3.86. The summed E-state index contributed by atoms with van der Waals surface area (Å²) in [6.07, 6.45) is 0.229. The zero-order valence-electron chi connectivity index (χ0n) is 9.22. The van der Waals surface area contributed by atoms with Gasteiger partial charge >= 0.3 is 0 Å². The number of benzene rings is 1. The molecule has 0 saturated carbocycles. The number of nitrogens with two attached hydrogens (primary N) is 1. The van der Waals surface area contributed by atoms with E-state index in [-0.39, 0.29) is 17.2 Å². The quantitative estimate of drug-likeness (QED) is 0.789. The number of rotatable bonds is 6. The van der Waals surface area contributed by atoms with E-state index in [4.69, 9.17) is 5.73 Å². The van der Waals surface area contributed by atoms with Crippen molar-refractivity contribution in [1.29, 1.82) is 0 Å². The summed E-state index contributed by atoms with van der Waals surface area (Å²) < 4.78 is 22.8. The number of sulfone groups is 1. The third-order valence-electron chi connectivity index (χ3n) is 2.10. The van der Waals surface area contributed by atoms with Crippen LogP contribution in [0.15, 0.2) is 41.1 Å². The van der Waals surface area contributed by atoms with Crippen LogP contribution in [0, 0.1) is 0 Å². The van der Waals surface area contributed by atoms with Crippen LogP contribution in [0.25, 0.3) is 0 Å². The lowest BCUT2D eigenvalue weighted by molar-refractivity contribution is -0.117. The molecule has 17 heavy (non-hydrogen) atoms. The Morgan fingerprint density at radius 3 is 2.41 bits per heavy atom. The van der Waals surface area contributed by atoms with Gasteiger partial charge in [-0.1, -0.05) is 6.58 Å². The highest BCUT2D eigenvalue weighted by atomic mass is 32.2. The minimum absolute atomic E-state index is 0.188. The summed E-state index contributed by atoms with van der Waals surface area (Å²) in [5.41, 5.74) is 5.72. The molecular formula is C11H14N2O3S. The Balaban J connectivity index is 2.69. The van der Waals surface area contributed by atoms with Crippen LogP contribution in [0.3, 0.4) is 0 Å². The predicted molar refractivity (Wildman–Crippen MR) is 66.1 cm³/mol. The van der Waals surface area contributed by atoms with E-state index in [1.807, 2.05) is 0 Å². The first-order chi connectivity index (χ1) is 7.95. The highest BCUT2D eigenvalue weighted by molar-refractivity contribution is 7.94. The predicted octanol–water partition coefficient (Wildman–Crippen LogP) is 0.891. The van der Waals surface area contributed by atoms with E-state index < -0.39 is 9.84 Å². The lowest BCUT2D eigenvalue weighted by atomic mass is 10.3. The second-order valence-electron chi connectivity index (χ2n) is 3.38. The highest BCUT2D eigenvalue weighted by Crippen LogP contribution is 2.15. The molecule has 5 nitrogen and oxygen atoms in total. The van der Waals surface area contributed by atoms with Crippen molar-refractivity contribution in [3.63, 3.8) is 0 Å². The molecule has 0 aliphatic carbocycles. The summed E-state index contributed by atoms with van der Waals surface area (Å²) in [6.45, 7) is 3.66. The van der Waals surface area contributed by atoms with Crippen LogP contribution in [-0.2, 0) is 14.6 Å². The molecule has 0 saturated heterocycles. The zero-order chi connectivity index (χ0) is 12.9. The standard InChI is InChI=1S/C11H14N2O3S/c1-2-17(15,16)10-5-3-9(4-6-10)13-8-7-11(12)14/h2-6,13H,1,7-8H2,(H2,12,14). The summed E-state index contributed by atoms with van der Waals surface area (Å²) in [4.78, 5) is 10.7. The van der Waals surface area contributed by atoms with Gasteiger partial charge in [0.15, 0.2) is 9.84 Å². The minimum atomic E-state index is -3.39. The maximum Gasteiger partial charge on any atom is 0.219 e. The highest BCUT2D eigenvalue weighted by Gasteiger charge is 2.08. The van der Waals surface area contributed by atoms with Crippen molar-refractivity contribution in [3.8, 4) is 0 Å². The molecule has 0 atom stereocenters. The Morgan fingerprint density at radius 2 is 1.94 bits per heavy atom. The summed E-state index contributed by atoms with van der Waals surface area (Å²) >= 11 is 0. The monoisotopic (exact) mass is 254 g/mol. The van der Waals surface area contributed by atoms with Crippen LogP contribution in [0.4, 0.5) is 5.69 Å². The van der Waals surface area contributed by atoms with Crippen LogP contribution in [0.1, 0.15) is 6.42 Å². The molecule has 0 aliphatic rings. The van der Waals surface area contributed by atoms with Crippen LogP contribution in [0.2, 0.25) is 0 Å². The number of nitrogens with one attached hydrogen (secondary N) is 1. The summed E-state index contributed by atoms with van der Waals surface area (Å²) in [7, 11) is -3.39. The lowest BCUT2D eigenvalue weighted by Gasteiger charge is -2.05. The molecule has 1 aromatic rings. The van der Waals surface area contributed by atoms with E-state index >= 15 is 0 Å². The first-order valence-corrected chi connectivity index (χ1v) is 6.50. The van der Waals surface area contributed by atoms with Crippen LogP contribution < -0.4 is 11.1 Å². The van der Waals surface area contributed by atoms with Gasteiger partial charge in [-0.15, -0.1) is 0 Å². The van der Waals surface area contributed by atoms with E-state index in [2.05, 4.69) is 11.9 Å². The second kappa shape index (κ2) is 5.49. The molecular weight excluding hydrogens is 240 g/mol. The maximum absolute atomic E-state index is 11.4. The van der Waals surface area contributed by atoms with Gasteiger partial charge in [0.25, 0.3) is 0 Å². The van der Waals surface area contributed by atoms with E-state index in [0.29, 0.717) is 6.54 Å². The minimum Gasteiger partial charge on any atom is -0.385 e. The molecule has 3 N–H and O–H groups in total. The van der Waals surface area contributed by atoms with Crippen molar-refractivity contribution in [2.75, 3.05) is 11.9 Å². The topological polar surface area (TPSA) is 89.3 Å². The smallest absolute Gasteiger partial charge is 0.219 e. The number of primary amides is 1. The van der Waals surface area contributed by atoms with Gasteiger partial charge in [0.2, 0.25) is 5.91 Å². The van der Waals surface area contributed by atoms with Gasteiger partial charge in [-0.05, 0) is 24.3 Å². The Labute approximate surface area is 100 Å². The molecule has 0 aromatic heterocycles. The third kappa shape index (κ3) is 3.92. The first kappa shape index (κ1) is 13.2. The fourth-order valence-corrected chi connectivity index (χ4v) is 1.90. The van der Waals surface area contributed by atoms with Gasteiger partial charge in [0.1, 0.15) is 0 Å². The average molecular weight is 254 g/mol. The van der Waals surface area contributed by atoms with Crippen molar-refractivity contribution < 1.29 is 13.2 Å². The zero-order valence-corrected chi connectivity index (χ0v) is 10.0. The average Bonchev–Trinajstić information content (AvgIpc) is 2.29. The van der Waals surface area contributed by atoms with E-state index in [1.165, 1.54) is 12.1 Å². The third-order valence-corrected chi connectivity index (χ3v) is 3.47. The molecule has 0 bridgehead atoms. The van der Waals surface area contributed by atoms with Crippen molar-refractivity contribution in [2.24, 2.45) is 5.73 Å². The van der Waals surface area contributed by atoms with Crippen molar-refractivity contribution in [2.45, 2.75) is 11.3 Å². The number of hydrogen-bond donors (Lipinski definition) is 2. The molecule has 0 unspecified atom stereocenters. The number of carbonyl (C=O) groups is 1. The molecule has 0 aliphatic heterocycles. The van der Waals surface area contributed by atoms with Crippen molar-refractivity contribution in [1.82, 2.24) is 0 Å². The second-order valence-corrected chi connectivity index (χ2v) is 5.27. The Bertz CT molecular complexity index is 506. The summed E-state index contributed by atoms with van der Waals surface area (Å²) in [6, 6.07) is 6.20. The van der Waals surface area contributed by atoms with Gasteiger partial charge < -0.3 is 11.1 Å². The molecule has 0 heterocycles. The van der Waals surface area contributed by atoms with Crippen molar-refractivity contribution >= 4 is 21.4 Å². The van der Waals surface area contributed by atoms with Crippen molar-refractivity contribution in [3.05, 3.63) is 36.3 Å². The molecule has 1 aromatic carbocycles. The van der Waals surface area contributed by atoms with Gasteiger partial charge in [-0.3, -0.25) is 4.79 Å². The number of carbonyl (C=O) groups excluding carboxylic acids is 1. The van der Waals surface area contributed by atoms with Gasteiger partial charge in [0, 0.05) is 24.1 Å². The molecule has 0 radical (unpaired) electrons. The maximum atomic E-state index is 11.4. The molecule has 1 amide bonds. The summed E-state index contributed by atoms with van der Waals surface area (Å²) in [5.74, 6) is -0.386. The van der Waals surface area contributed by atoms with Crippen LogP contribution in [0.5, 0.6) is 0 Å². The fourth-order valence-electron chi connectivity index (χ4n) is 1.19. The normalized spacial score (nSPS) is 10.8. The fraction of sp³-hybridized carbons (Fsp3) is 0.182. The SMILES string of the molecule is C=CS(=O)(=O)c1ccc(NCCC(N)=O)cc1. The number of hydrogen-bond acceptors (Lipinski definition) is 4. The van der Waals surface area contributed by atoms with Gasteiger partial charge in [0.05, 0.1) is 4.90 Å². The molecule has 0 spiro atoms. The lowest BCUT2D eigenvalue weighted by Crippen LogP contribution is -2.15. The van der Waals surface area contributed by atoms with Gasteiger partial charge in [-0.2, -0.15) is 0 Å². The molecule has 1 rings (SSSR count). The van der Waals surface area contributed by atoms with E-state index in [1.54, 1.807) is 12.1 Å². The molecule has 6 heteroatoms. The van der Waals surface area contributed by atoms with E-state index in [0.717, 1.165) is 11.1 Å². The number of amides is 1. The largest absolute Gasteiger partial charge is 0.385 e. The van der Waals surface area contributed by atoms with Gasteiger partial charge in [-0.25, -0.2) is 8.42 Å². The number of anilines is 1.